The molecule has 122 valence electrons. The fourth-order valence-corrected chi connectivity index (χ4v) is 3.04. The number of hydrogen-bond donors (Lipinski definition) is 0. The van der Waals surface area contributed by atoms with Crippen LogP contribution in [0.1, 0.15) is 92.4 Å². The predicted octanol–water partition coefficient (Wildman–Crippen LogP) is 5.94. The van der Waals surface area contributed by atoms with Gasteiger partial charge in [-0.2, -0.15) is 0 Å². The second-order valence-corrected chi connectivity index (χ2v) is 5.92. The molecule has 1 unspecified atom stereocenters. The van der Waals surface area contributed by atoms with E-state index in [0.717, 1.165) is 13.2 Å². The van der Waals surface area contributed by atoms with Crippen LogP contribution in [0.4, 0.5) is 0 Å². The topological polar surface area (TPSA) is 18.5 Å². The minimum absolute atomic E-state index is 0.386. The highest BCUT2D eigenvalue weighted by molar-refractivity contribution is 4.75. The number of unbranched alkanes of at least 4 members (excludes halogenated alkanes) is 5. The van der Waals surface area contributed by atoms with Gasteiger partial charge in [-0.3, -0.25) is 0 Å². The molecule has 0 aromatic heterocycles. The van der Waals surface area contributed by atoms with Gasteiger partial charge in [0.2, 0.25) is 0 Å². The van der Waals surface area contributed by atoms with Crippen LogP contribution in [0.3, 0.4) is 0 Å². The molecule has 2 nitrogen and oxygen atoms in total. The molecule has 0 rings (SSSR count). The predicted molar refractivity (Wildman–Crippen MR) is 88.0 cm³/mol. The van der Waals surface area contributed by atoms with E-state index in [1.165, 1.54) is 57.8 Å². The van der Waals surface area contributed by atoms with Crippen LogP contribution in [0.5, 0.6) is 0 Å². The maximum Gasteiger partial charge on any atom is 0.168 e. The fraction of sp³-hybridized carbons (Fsp3) is 1.00. The maximum atomic E-state index is 5.96. The van der Waals surface area contributed by atoms with Crippen molar-refractivity contribution >= 4 is 0 Å². The lowest BCUT2D eigenvalue weighted by atomic mass is 9.88. The van der Waals surface area contributed by atoms with Crippen LogP contribution >= 0.6 is 0 Å². The Kier molecular flexibility index (Phi) is 12.6. The quantitative estimate of drug-likeness (QED) is 0.290. The van der Waals surface area contributed by atoms with E-state index in [-0.39, 0.29) is 5.79 Å². The Hall–Kier alpha value is -0.0800. The molecule has 0 aromatic carbocycles. The molecule has 0 aliphatic heterocycles. The zero-order valence-corrected chi connectivity index (χ0v) is 14.7. The van der Waals surface area contributed by atoms with Gasteiger partial charge in [0.05, 0.1) is 0 Å². The van der Waals surface area contributed by atoms with E-state index >= 15 is 0 Å². The van der Waals surface area contributed by atoms with E-state index in [9.17, 15) is 0 Å². The van der Waals surface area contributed by atoms with Crippen LogP contribution in [0, 0.1) is 5.92 Å². The van der Waals surface area contributed by atoms with Gasteiger partial charge in [0.25, 0.3) is 0 Å². The molecule has 0 saturated heterocycles. The molecule has 0 spiro atoms. The zero-order chi connectivity index (χ0) is 15.3. The van der Waals surface area contributed by atoms with Crippen LogP contribution in [-0.4, -0.2) is 19.0 Å². The van der Waals surface area contributed by atoms with E-state index in [1.807, 2.05) is 0 Å². The molecule has 0 N–H and O–H groups in total. The summed E-state index contributed by atoms with van der Waals surface area (Å²) in [4.78, 5) is 0. The normalized spacial score (nSPS) is 13.7. The number of rotatable bonds is 14. The van der Waals surface area contributed by atoms with Crippen LogP contribution in [0.15, 0.2) is 0 Å². The van der Waals surface area contributed by atoms with Gasteiger partial charge in [0.1, 0.15) is 0 Å². The molecule has 0 aliphatic rings. The van der Waals surface area contributed by atoms with Gasteiger partial charge in [-0.05, 0) is 33.6 Å². The minimum atomic E-state index is -0.386. The molecule has 0 amide bonds. The molecule has 0 saturated carbocycles. The first-order valence-corrected chi connectivity index (χ1v) is 8.92. The summed E-state index contributed by atoms with van der Waals surface area (Å²) < 4.78 is 11.9. The second kappa shape index (κ2) is 12.6. The Balaban J connectivity index is 4.22. The maximum absolute atomic E-state index is 5.96. The van der Waals surface area contributed by atoms with Crippen molar-refractivity contribution < 1.29 is 9.47 Å². The summed E-state index contributed by atoms with van der Waals surface area (Å²) in [5.41, 5.74) is 0. The molecule has 0 radical (unpaired) electrons. The van der Waals surface area contributed by atoms with E-state index in [2.05, 4.69) is 34.6 Å². The number of hydrogen-bond acceptors (Lipinski definition) is 2. The van der Waals surface area contributed by atoms with Gasteiger partial charge in [0.15, 0.2) is 5.79 Å². The first-order valence-electron chi connectivity index (χ1n) is 8.92. The monoisotopic (exact) mass is 286 g/mol. The van der Waals surface area contributed by atoms with Gasteiger partial charge in [-0.1, -0.05) is 58.8 Å². The summed E-state index contributed by atoms with van der Waals surface area (Å²) in [6, 6.07) is 0. The average molecular weight is 286 g/mol. The molecule has 1 atom stereocenters. The fourth-order valence-electron chi connectivity index (χ4n) is 3.04. The third-order valence-corrected chi connectivity index (χ3v) is 4.15. The van der Waals surface area contributed by atoms with E-state index in [1.54, 1.807) is 0 Å². The molecule has 0 fully saturated rings. The summed E-state index contributed by atoms with van der Waals surface area (Å²) in [6.45, 7) is 12.2. The van der Waals surface area contributed by atoms with Crippen LogP contribution in [0.2, 0.25) is 0 Å². The van der Waals surface area contributed by atoms with Gasteiger partial charge in [-0.25, -0.2) is 0 Å². The third kappa shape index (κ3) is 8.26. The average Bonchev–Trinajstić information content (AvgIpc) is 2.42. The van der Waals surface area contributed by atoms with Crippen molar-refractivity contribution in [3.05, 3.63) is 0 Å². The largest absolute Gasteiger partial charge is 0.350 e. The lowest BCUT2D eigenvalue weighted by Gasteiger charge is -2.37. The Bertz CT molecular complexity index is 198. The van der Waals surface area contributed by atoms with Gasteiger partial charge < -0.3 is 9.47 Å². The first kappa shape index (κ1) is 19.9. The Labute approximate surface area is 127 Å². The summed E-state index contributed by atoms with van der Waals surface area (Å²) >= 11 is 0. The summed E-state index contributed by atoms with van der Waals surface area (Å²) in [5.74, 6) is 0.140. The van der Waals surface area contributed by atoms with Crippen LogP contribution in [-0.2, 0) is 9.47 Å². The van der Waals surface area contributed by atoms with E-state index in [4.69, 9.17) is 9.47 Å². The molecule has 2 heteroatoms. The van der Waals surface area contributed by atoms with Crippen molar-refractivity contribution in [2.75, 3.05) is 13.2 Å². The lowest BCUT2D eigenvalue weighted by Crippen LogP contribution is -2.41. The Morgan fingerprint density at radius 1 is 0.700 bits per heavy atom. The summed E-state index contributed by atoms with van der Waals surface area (Å²) in [5, 5.41) is 0. The molecule has 0 aromatic rings. The van der Waals surface area contributed by atoms with Gasteiger partial charge in [-0.15, -0.1) is 0 Å². The summed E-state index contributed by atoms with van der Waals surface area (Å²) in [7, 11) is 0. The molecule has 0 aliphatic carbocycles. The van der Waals surface area contributed by atoms with Crippen molar-refractivity contribution in [3.63, 3.8) is 0 Å². The smallest absolute Gasteiger partial charge is 0.168 e. The van der Waals surface area contributed by atoms with Crippen LogP contribution in [0.25, 0.3) is 0 Å². The minimum Gasteiger partial charge on any atom is -0.350 e. The van der Waals surface area contributed by atoms with Crippen LogP contribution < -0.4 is 0 Å². The van der Waals surface area contributed by atoms with Crippen molar-refractivity contribution in [2.24, 2.45) is 5.92 Å². The summed E-state index contributed by atoms with van der Waals surface area (Å²) in [6.07, 6.45) is 11.8. The molecule has 0 bridgehead atoms. The van der Waals surface area contributed by atoms with Gasteiger partial charge in [0, 0.05) is 19.1 Å². The second-order valence-electron chi connectivity index (χ2n) is 5.92. The Morgan fingerprint density at radius 2 is 1.25 bits per heavy atom. The highest BCUT2D eigenvalue weighted by Crippen LogP contribution is 2.32. The highest BCUT2D eigenvalue weighted by atomic mass is 16.7. The third-order valence-electron chi connectivity index (χ3n) is 4.15. The van der Waals surface area contributed by atoms with Crippen molar-refractivity contribution in [3.8, 4) is 0 Å². The number of ether oxygens (including phenoxy) is 2. The van der Waals surface area contributed by atoms with E-state index < -0.39 is 0 Å². The highest BCUT2D eigenvalue weighted by Gasteiger charge is 2.34. The molecule has 20 heavy (non-hydrogen) atoms. The van der Waals surface area contributed by atoms with Crippen molar-refractivity contribution in [1.29, 1.82) is 0 Å². The van der Waals surface area contributed by atoms with Crippen molar-refractivity contribution in [1.82, 2.24) is 0 Å². The van der Waals surface area contributed by atoms with Gasteiger partial charge >= 0.3 is 0 Å². The Morgan fingerprint density at radius 3 is 1.75 bits per heavy atom. The zero-order valence-electron chi connectivity index (χ0n) is 14.7. The standard InChI is InChI=1S/C18H38O2/c1-6-10-11-12-13-14-16-17(15-7-2)18(5,19-8-3)20-9-4/h17H,6-16H2,1-5H3. The SMILES string of the molecule is CCCCCCCCC(CCC)C(C)(OCC)OCC. The molecule has 0 heterocycles. The van der Waals surface area contributed by atoms with Crippen molar-refractivity contribution in [2.45, 2.75) is 98.2 Å². The molecular weight excluding hydrogens is 248 g/mol. The molecular formula is C18H38O2. The van der Waals surface area contributed by atoms with E-state index in [0.29, 0.717) is 5.92 Å². The first-order chi connectivity index (χ1) is 9.64. The lowest BCUT2D eigenvalue weighted by molar-refractivity contribution is -0.254.